The van der Waals surface area contributed by atoms with Gasteiger partial charge in [0.2, 0.25) is 0 Å². The number of rotatable bonds is 4. The molecule has 0 bridgehead atoms. The number of hydrogen-bond donors (Lipinski definition) is 1. The second-order valence-electron chi connectivity index (χ2n) is 5.46. The summed E-state index contributed by atoms with van der Waals surface area (Å²) in [4.78, 5) is 4.66. The molecule has 1 heterocycles. The Bertz CT molecular complexity index is 417. The first-order chi connectivity index (χ1) is 9.06. The SMILES string of the molecule is Cc1ccc(C(O)CCN2CCN(C)CC2)cc1F. The molecule has 1 fully saturated rings. The summed E-state index contributed by atoms with van der Waals surface area (Å²) in [5, 5.41) is 10.1. The van der Waals surface area contributed by atoms with Gasteiger partial charge in [0.25, 0.3) is 0 Å². The van der Waals surface area contributed by atoms with Crippen LogP contribution >= 0.6 is 0 Å². The van der Waals surface area contributed by atoms with Gasteiger partial charge >= 0.3 is 0 Å². The molecule has 0 aliphatic carbocycles. The zero-order chi connectivity index (χ0) is 13.8. The van der Waals surface area contributed by atoms with Crippen LogP contribution in [0.3, 0.4) is 0 Å². The molecule has 4 heteroatoms. The van der Waals surface area contributed by atoms with E-state index < -0.39 is 6.10 Å². The number of nitrogens with zero attached hydrogens (tertiary/aromatic N) is 2. The number of aryl methyl sites for hydroxylation is 1. The van der Waals surface area contributed by atoms with E-state index in [1.807, 2.05) is 6.07 Å². The van der Waals surface area contributed by atoms with E-state index >= 15 is 0 Å². The minimum Gasteiger partial charge on any atom is -0.388 e. The molecule has 1 aromatic carbocycles. The van der Waals surface area contributed by atoms with E-state index in [0.717, 1.165) is 32.7 Å². The summed E-state index contributed by atoms with van der Waals surface area (Å²) in [6, 6.07) is 4.99. The van der Waals surface area contributed by atoms with Gasteiger partial charge in [-0.25, -0.2) is 4.39 Å². The van der Waals surface area contributed by atoms with Crippen LogP contribution in [0.25, 0.3) is 0 Å². The molecule has 1 unspecified atom stereocenters. The van der Waals surface area contributed by atoms with Gasteiger partial charge in [0.15, 0.2) is 0 Å². The van der Waals surface area contributed by atoms with Crippen LogP contribution in [0.2, 0.25) is 0 Å². The average Bonchev–Trinajstić information content (AvgIpc) is 2.41. The Morgan fingerprint density at radius 3 is 2.58 bits per heavy atom. The Balaban J connectivity index is 1.83. The van der Waals surface area contributed by atoms with Crippen LogP contribution in [0.15, 0.2) is 18.2 Å². The average molecular weight is 266 g/mol. The molecule has 0 saturated carbocycles. The number of aliphatic hydroxyl groups is 1. The van der Waals surface area contributed by atoms with Gasteiger partial charge in [0, 0.05) is 32.7 Å². The molecule has 0 spiro atoms. The van der Waals surface area contributed by atoms with E-state index in [1.54, 1.807) is 13.0 Å². The second-order valence-corrected chi connectivity index (χ2v) is 5.46. The lowest BCUT2D eigenvalue weighted by Gasteiger charge is -2.32. The van der Waals surface area contributed by atoms with Gasteiger partial charge in [0.05, 0.1) is 6.10 Å². The number of halogens is 1. The van der Waals surface area contributed by atoms with E-state index in [1.165, 1.54) is 6.07 Å². The van der Waals surface area contributed by atoms with E-state index in [0.29, 0.717) is 17.5 Å². The predicted molar refractivity (Wildman–Crippen MR) is 74.7 cm³/mol. The lowest BCUT2D eigenvalue weighted by molar-refractivity contribution is 0.112. The quantitative estimate of drug-likeness (QED) is 0.900. The van der Waals surface area contributed by atoms with Gasteiger partial charge < -0.3 is 14.9 Å². The van der Waals surface area contributed by atoms with Gasteiger partial charge in [-0.15, -0.1) is 0 Å². The van der Waals surface area contributed by atoms with Crippen molar-refractivity contribution in [3.05, 3.63) is 35.1 Å². The first-order valence-corrected chi connectivity index (χ1v) is 6.91. The fourth-order valence-corrected chi connectivity index (χ4v) is 2.36. The van der Waals surface area contributed by atoms with Crippen LogP contribution in [0.4, 0.5) is 4.39 Å². The monoisotopic (exact) mass is 266 g/mol. The topological polar surface area (TPSA) is 26.7 Å². The van der Waals surface area contributed by atoms with E-state index in [2.05, 4.69) is 16.8 Å². The zero-order valence-electron chi connectivity index (χ0n) is 11.8. The summed E-state index contributed by atoms with van der Waals surface area (Å²) in [6.45, 7) is 6.85. The third kappa shape index (κ3) is 4.00. The Hall–Kier alpha value is -0.970. The van der Waals surface area contributed by atoms with Crippen molar-refractivity contribution in [2.75, 3.05) is 39.8 Å². The van der Waals surface area contributed by atoms with Crippen molar-refractivity contribution in [1.82, 2.24) is 9.80 Å². The molecule has 0 amide bonds. The van der Waals surface area contributed by atoms with Crippen LogP contribution in [-0.4, -0.2) is 54.7 Å². The van der Waals surface area contributed by atoms with Crippen LogP contribution in [0, 0.1) is 12.7 Å². The van der Waals surface area contributed by atoms with Crippen molar-refractivity contribution in [3.8, 4) is 0 Å². The summed E-state index contributed by atoms with van der Waals surface area (Å²) in [5.41, 5.74) is 1.30. The lowest BCUT2D eigenvalue weighted by Crippen LogP contribution is -2.44. The lowest BCUT2D eigenvalue weighted by atomic mass is 10.0. The van der Waals surface area contributed by atoms with Gasteiger partial charge in [-0.1, -0.05) is 12.1 Å². The molecular formula is C15H23FN2O. The highest BCUT2D eigenvalue weighted by Gasteiger charge is 2.16. The van der Waals surface area contributed by atoms with Crippen molar-refractivity contribution in [3.63, 3.8) is 0 Å². The summed E-state index contributed by atoms with van der Waals surface area (Å²) in [5.74, 6) is -0.240. The van der Waals surface area contributed by atoms with E-state index in [9.17, 15) is 9.50 Å². The fraction of sp³-hybridized carbons (Fsp3) is 0.600. The smallest absolute Gasteiger partial charge is 0.126 e. The molecule has 2 rings (SSSR count). The van der Waals surface area contributed by atoms with Crippen molar-refractivity contribution in [2.24, 2.45) is 0 Å². The molecule has 1 aliphatic heterocycles. The van der Waals surface area contributed by atoms with E-state index in [-0.39, 0.29) is 5.82 Å². The maximum Gasteiger partial charge on any atom is 0.126 e. The predicted octanol–water partition coefficient (Wildman–Crippen LogP) is 1.81. The largest absolute Gasteiger partial charge is 0.388 e. The highest BCUT2D eigenvalue weighted by atomic mass is 19.1. The minimum atomic E-state index is -0.574. The first kappa shape index (κ1) is 14.4. The van der Waals surface area contributed by atoms with Crippen molar-refractivity contribution < 1.29 is 9.50 Å². The summed E-state index contributed by atoms with van der Waals surface area (Å²) < 4.78 is 13.5. The Labute approximate surface area is 114 Å². The molecule has 1 atom stereocenters. The normalized spacial score (nSPS) is 19.6. The summed E-state index contributed by atoms with van der Waals surface area (Å²) in [7, 11) is 2.13. The molecular weight excluding hydrogens is 243 g/mol. The molecule has 0 radical (unpaired) electrons. The second kappa shape index (κ2) is 6.46. The van der Waals surface area contributed by atoms with Crippen LogP contribution in [0.1, 0.15) is 23.7 Å². The van der Waals surface area contributed by atoms with Gasteiger partial charge in [-0.05, 0) is 37.6 Å². The van der Waals surface area contributed by atoms with E-state index in [4.69, 9.17) is 0 Å². The number of likely N-dealkylation sites (N-methyl/N-ethyl adjacent to an activating group) is 1. The van der Waals surface area contributed by atoms with Crippen molar-refractivity contribution >= 4 is 0 Å². The molecule has 1 aliphatic rings. The number of hydrogen-bond acceptors (Lipinski definition) is 3. The highest BCUT2D eigenvalue weighted by Crippen LogP contribution is 2.20. The molecule has 3 nitrogen and oxygen atoms in total. The highest BCUT2D eigenvalue weighted by molar-refractivity contribution is 5.24. The van der Waals surface area contributed by atoms with Crippen LogP contribution in [-0.2, 0) is 0 Å². The summed E-state index contributed by atoms with van der Waals surface area (Å²) in [6.07, 6.45) is 0.0846. The standard InChI is InChI=1S/C15H23FN2O/c1-12-3-4-13(11-14(12)16)15(19)5-6-18-9-7-17(2)8-10-18/h3-4,11,15,19H,5-10H2,1-2H3. The first-order valence-electron chi connectivity index (χ1n) is 6.91. The minimum absolute atomic E-state index is 0.240. The Morgan fingerprint density at radius 2 is 1.95 bits per heavy atom. The molecule has 106 valence electrons. The number of benzene rings is 1. The molecule has 19 heavy (non-hydrogen) atoms. The fourth-order valence-electron chi connectivity index (χ4n) is 2.36. The van der Waals surface area contributed by atoms with Crippen molar-refractivity contribution in [2.45, 2.75) is 19.4 Å². The number of aliphatic hydroxyl groups excluding tert-OH is 1. The van der Waals surface area contributed by atoms with Crippen LogP contribution in [0.5, 0.6) is 0 Å². The zero-order valence-corrected chi connectivity index (χ0v) is 11.8. The third-order valence-corrected chi connectivity index (χ3v) is 3.90. The Kier molecular flexibility index (Phi) is 4.91. The van der Waals surface area contributed by atoms with Gasteiger partial charge in [-0.3, -0.25) is 0 Å². The molecule has 1 aromatic rings. The van der Waals surface area contributed by atoms with Crippen molar-refractivity contribution in [1.29, 1.82) is 0 Å². The number of piperazine rings is 1. The molecule has 1 saturated heterocycles. The molecule has 1 N–H and O–H groups in total. The van der Waals surface area contributed by atoms with Gasteiger partial charge in [-0.2, -0.15) is 0 Å². The van der Waals surface area contributed by atoms with Crippen LogP contribution < -0.4 is 0 Å². The maximum atomic E-state index is 13.5. The Morgan fingerprint density at radius 1 is 1.26 bits per heavy atom. The van der Waals surface area contributed by atoms with Gasteiger partial charge in [0.1, 0.15) is 5.82 Å². The third-order valence-electron chi connectivity index (χ3n) is 3.90. The molecule has 0 aromatic heterocycles. The summed E-state index contributed by atoms with van der Waals surface area (Å²) >= 11 is 0. The maximum absolute atomic E-state index is 13.5.